The number of benzene rings is 3. The molecule has 8 nitrogen and oxygen atoms in total. The number of nitrogens with zero attached hydrogens (tertiary/aromatic N) is 2. The van der Waals surface area contributed by atoms with Crippen molar-refractivity contribution in [2.75, 3.05) is 24.0 Å². The molecular formula is C28H31Cl2N3O5S. The summed E-state index contributed by atoms with van der Waals surface area (Å²) < 4.78 is 34.1. The molecule has 3 aromatic carbocycles. The molecule has 0 aliphatic heterocycles. The minimum Gasteiger partial charge on any atom is -0.494 e. The maximum atomic E-state index is 13.9. The van der Waals surface area contributed by atoms with E-state index in [2.05, 4.69) is 5.32 Å². The molecule has 11 heteroatoms. The third-order valence-electron chi connectivity index (χ3n) is 5.95. The Morgan fingerprint density at radius 3 is 2.10 bits per heavy atom. The first-order valence-corrected chi connectivity index (χ1v) is 14.6. The molecule has 0 heterocycles. The van der Waals surface area contributed by atoms with E-state index in [9.17, 15) is 18.0 Å². The van der Waals surface area contributed by atoms with Crippen molar-refractivity contribution < 1.29 is 22.7 Å². The minimum absolute atomic E-state index is 0.0177. The van der Waals surface area contributed by atoms with Gasteiger partial charge in [0.15, 0.2) is 0 Å². The van der Waals surface area contributed by atoms with Gasteiger partial charge in [-0.15, -0.1) is 0 Å². The Kier molecular flexibility index (Phi) is 10.6. The zero-order chi connectivity index (χ0) is 28.6. The number of likely N-dealkylation sites (N-methyl/N-ethyl adjacent to an activating group) is 1. The Bertz CT molecular complexity index is 1370. The summed E-state index contributed by atoms with van der Waals surface area (Å²) >= 11 is 12.8. The van der Waals surface area contributed by atoms with Gasteiger partial charge in [-0.1, -0.05) is 47.5 Å². The van der Waals surface area contributed by atoms with Crippen LogP contribution in [0.2, 0.25) is 10.0 Å². The zero-order valence-electron chi connectivity index (χ0n) is 21.9. The molecule has 1 unspecified atom stereocenters. The van der Waals surface area contributed by atoms with Crippen LogP contribution >= 0.6 is 23.2 Å². The Balaban J connectivity index is 2.05. The van der Waals surface area contributed by atoms with Crippen molar-refractivity contribution in [3.63, 3.8) is 0 Å². The Hall–Kier alpha value is -3.27. The number of carbonyl (C=O) groups excluding carboxylic acids is 2. The number of sulfonamides is 1. The Morgan fingerprint density at radius 1 is 0.923 bits per heavy atom. The highest BCUT2D eigenvalue weighted by atomic mass is 35.5. The van der Waals surface area contributed by atoms with Gasteiger partial charge in [-0.25, -0.2) is 8.42 Å². The van der Waals surface area contributed by atoms with E-state index in [0.29, 0.717) is 34.5 Å². The Labute approximate surface area is 239 Å². The van der Waals surface area contributed by atoms with E-state index < -0.39 is 34.4 Å². The molecule has 1 atom stereocenters. The van der Waals surface area contributed by atoms with E-state index in [1.165, 1.54) is 17.0 Å². The molecule has 0 saturated carbocycles. The summed E-state index contributed by atoms with van der Waals surface area (Å²) in [4.78, 5) is 28.0. The Morgan fingerprint density at radius 2 is 1.54 bits per heavy atom. The third-order valence-corrected chi connectivity index (χ3v) is 8.45. The van der Waals surface area contributed by atoms with E-state index in [4.69, 9.17) is 27.9 Å². The van der Waals surface area contributed by atoms with E-state index in [-0.39, 0.29) is 17.1 Å². The summed E-state index contributed by atoms with van der Waals surface area (Å²) in [6, 6.07) is 18.2. The molecule has 208 valence electrons. The van der Waals surface area contributed by atoms with Crippen LogP contribution in [0.5, 0.6) is 5.75 Å². The van der Waals surface area contributed by atoms with Crippen LogP contribution in [0.4, 0.5) is 5.69 Å². The number of rotatable bonds is 12. The van der Waals surface area contributed by atoms with Crippen LogP contribution in [-0.2, 0) is 26.2 Å². The van der Waals surface area contributed by atoms with Gasteiger partial charge in [-0.05, 0) is 69.3 Å². The molecule has 0 saturated heterocycles. The molecule has 0 fully saturated rings. The van der Waals surface area contributed by atoms with E-state index in [1.807, 2.05) is 6.92 Å². The molecule has 0 aliphatic carbocycles. The second kappa shape index (κ2) is 13.7. The van der Waals surface area contributed by atoms with Gasteiger partial charge in [0, 0.05) is 28.7 Å². The second-order valence-electron chi connectivity index (χ2n) is 8.54. The molecule has 0 radical (unpaired) electrons. The molecule has 0 spiro atoms. The van der Waals surface area contributed by atoms with Crippen molar-refractivity contribution in [2.45, 2.75) is 38.3 Å². The molecule has 0 bridgehead atoms. The molecule has 3 aromatic rings. The summed E-state index contributed by atoms with van der Waals surface area (Å²) in [7, 11) is -4.16. The van der Waals surface area contributed by atoms with Gasteiger partial charge < -0.3 is 15.0 Å². The summed E-state index contributed by atoms with van der Waals surface area (Å²) in [5.41, 5.74) is 0.709. The van der Waals surface area contributed by atoms with Gasteiger partial charge in [0.1, 0.15) is 18.3 Å². The summed E-state index contributed by atoms with van der Waals surface area (Å²) in [5.74, 6) is -0.449. The highest BCUT2D eigenvalue weighted by molar-refractivity contribution is 7.92. The van der Waals surface area contributed by atoms with Gasteiger partial charge >= 0.3 is 0 Å². The molecule has 0 aromatic heterocycles. The fraction of sp³-hybridized carbons (Fsp3) is 0.286. The number of hydrogen-bond donors (Lipinski definition) is 1. The lowest BCUT2D eigenvalue weighted by atomic mass is 10.1. The van der Waals surface area contributed by atoms with Gasteiger partial charge in [0.05, 0.1) is 17.2 Å². The van der Waals surface area contributed by atoms with Crippen LogP contribution < -0.4 is 14.4 Å². The van der Waals surface area contributed by atoms with Crippen molar-refractivity contribution in [3.8, 4) is 5.75 Å². The van der Waals surface area contributed by atoms with Crippen molar-refractivity contribution in [1.29, 1.82) is 0 Å². The van der Waals surface area contributed by atoms with Gasteiger partial charge in [-0.3, -0.25) is 13.9 Å². The van der Waals surface area contributed by atoms with Crippen LogP contribution in [-0.4, -0.2) is 50.9 Å². The standard InChI is InChI=1S/C28H31Cl2N3O5S/c1-4-31-28(35)20(3)32(18-24-25(29)12-9-13-26(24)30)27(34)19-33(21-14-16-22(17-15-21)38-5-2)39(36,37)23-10-7-6-8-11-23/h6-17,20H,4-5,18-19H2,1-3H3,(H,31,35). The summed E-state index contributed by atoms with van der Waals surface area (Å²) in [6.07, 6.45) is 0. The van der Waals surface area contributed by atoms with Gasteiger partial charge in [-0.2, -0.15) is 0 Å². The number of carbonyl (C=O) groups is 2. The molecule has 3 rings (SSSR count). The predicted octanol–water partition coefficient (Wildman–Crippen LogP) is 5.14. The topological polar surface area (TPSA) is 96.0 Å². The largest absolute Gasteiger partial charge is 0.494 e. The maximum Gasteiger partial charge on any atom is 0.264 e. The minimum atomic E-state index is -4.16. The lowest BCUT2D eigenvalue weighted by molar-refractivity contribution is -0.139. The van der Waals surface area contributed by atoms with Gasteiger partial charge in [0.25, 0.3) is 10.0 Å². The van der Waals surface area contributed by atoms with Crippen LogP contribution in [0.1, 0.15) is 26.3 Å². The number of nitrogens with one attached hydrogen (secondary N) is 1. The SMILES string of the molecule is CCNC(=O)C(C)N(Cc1c(Cl)cccc1Cl)C(=O)CN(c1ccc(OCC)cc1)S(=O)(=O)c1ccccc1. The molecule has 0 aliphatic rings. The summed E-state index contributed by atoms with van der Waals surface area (Å²) in [5, 5.41) is 3.36. The van der Waals surface area contributed by atoms with Crippen molar-refractivity contribution >= 4 is 50.7 Å². The first-order chi connectivity index (χ1) is 18.6. The molecule has 39 heavy (non-hydrogen) atoms. The average molecular weight is 593 g/mol. The fourth-order valence-electron chi connectivity index (χ4n) is 3.88. The zero-order valence-corrected chi connectivity index (χ0v) is 24.3. The lowest BCUT2D eigenvalue weighted by Gasteiger charge is -2.32. The van der Waals surface area contributed by atoms with Crippen molar-refractivity contribution in [1.82, 2.24) is 10.2 Å². The van der Waals surface area contributed by atoms with E-state index in [0.717, 1.165) is 4.31 Å². The number of halogens is 2. The molecule has 2 amide bonds. The number of hydrogen-bond acceptors (Lipinski definition) is 5. The van der Waals surface area contributed by atoms with E-state index in [1.54, 1.807) is 74.5 Å². The lowest BCUT2D eigenvalue weighted by Crippen LogP contribution is -2.51. The van der Waals surface area contributed by atoms with Crippen LogP contribution in [0.3, 0.4) is 0 Å². The highest BCUT2D eigenvalue weighted by Crippen LogP contribution is 2.29. The second-order valence-corrected chi connectivity index (χ2v) is 11.2. The van der Waals surface area contributed by atoms with Crippen molar-refractivity contribution in [3.05, 3.63) is 88.4 Å². The number of ether oxygens (including phenoxy) is 1. The van der Waals surface area contributed by atoms with Crippen LogP contribution in [0, 0.1) is 0 Å². The first-order valence-electron chi connectivity index (χ1n) is 12.4. The normalized spacial score (nSPS) is 11.9. The summed E-state index contributed by atoms with van der Waals surface area (Å²) in [6.45, 7) is 5.31. The number of anilines is 1. The predicted molar refractivity (Wildman–Crippen MR) is 154 cm³/mol. The van der Waals surface area contributed by atoms with Crippen LogP contribution in [0.15, 0.2) is 77.7 Å². The molecule has 1 N–H and O–H groups in total. The van der Waals surface area contributed by atoms with Gasteiger partial charge in [0.2, 0.25) is 11.8 Å². The highest BCUT2D eigenvalue weighted by Gasteiger charge is 2.33. The maximum absolute atomic E-state index is 13.9. The quantitative estimate of drug-likeness (QED) is 0.314. The van der Waals surface area contributed by atoms with E-state index >= 15 is 0 Å². The van der Waals surface area contributed by atoms with Crippen molar-refractivity contribution in [2.24, 2.45) is 0 Å². The first kappa shape index (κ1) is 30.3. The monoisotopic (exact) mass is 591 g/mol. The number of amides is 2. The third kappa shape index (κ3) is 7.44. The average Bonchev–Trinajstić information content (AvgIpc) is 2.92. The fourth-order valence-corrected chi connectivity index (χ4v) is 5.83. The molecular weight excluding hydrogens is 561 g/mol. The van der Waals surface area contributed by atoms with Crippen LogP contribution in [0.25, 0.3) is 0 Å². The smallest absolute Gasteiger partial charge is 0.264 e.